The van der Waals surface area contributed by atoms with E-state index >= 15 is 0 Å². The molecule has 8 nitrogen and oxygen atoms in total. The minimum absolute atomic E-state index is 0.0190. The Balaban J connectivity index is 1.61. The molecular formula is C24H27N5O3. The molecule has 0 saturated heterocycles. The SMILES string of the molecule is C[C@H]1C[C@@H](c2ccncc2CC(=O)c2nc(-c3ccnnc3)ccc2N)C[C@@H](O)[C@]1(C)O. The Labute approximate surface area is 186 Å². The molecule has 4 N–H and O–H groups in total. The number of Topliss-reactive ketones (excluding diaryl/α,β-unsaturated/α-hetero) is 1. The van der Waals surface area contributed by atoms with Gasteiger partial charge >= 0.3 is 0 Å². The summed E-state index contributed by atoms with van der Waals surface area (Å²) in [4.78, 5) is 21.9. The van der Waals surface area contributed by atoms with E-state index in [1.165, 1.54) is 0 Å². The number of carbonyl (C=O) groups excluding carboxylic acids is 1. The highest BCUT2D eigenvalue weighted by Gasteiger charge is 2.43. The fraction of sp³-hybridized carbons (Fsp3) is 0.375. The van der Waals surface area contributed by atoms with Crippen molar-refractivity contribution in [3.05, 3.63) is 65.9 Å². The number of aliphatic hydroxyl groups excluding tert-OH is 1. The lowest BCUT2D eigenvalue weighted by Crippen LogP contribution is -2.49. The van der Waals surface area contributed by atoms with E-state index in [1.807, 2.05) is 13.0 Å². The highest BCUT2D eigenvalue weighted by molar-refractivity contribution is 6.00. The third-order valence-corrected chi connectivity index (χ3v) is 6.62. The van der Waals surface area contributed by atoms with Crippen LogP contribution in [0.3, 0.4) is 0 Å². The summed E-state index contributed by atoms with van der Waals surface area (Å²) in [6.45, 7) is 3.61. The zero-order valence-corrected chi connectivity index (χ0v) is 18.1. The third-order valence-electron chi connectivity index (χ3n) is 6.62. The highest BCUT2D eigenvalue weighted by atomic mass is 16.3. The van der Waals surface area contributed by atoms with Crippen LogP contribution in [0.5, 0.6) is 0 Å². The third kappa shape index (κ3) is 4.24. The molecule has 1 aliphatic carbocycles. The molecule has 3 heterocycles. The summed E-state index contributed by atoms with van der Waals surface area (Å²) in [5, 5.41) is 28.7. The topological polar surface area (TPSA) is 135 Å². The Morgan fingerprint density at radius 2 is 1.97 bits per heavy atom. The first kappa shape index (κ1) is 22.0. The lowest BCUT2D eigenvalue weighted by Gasteiger charge is -2.43. The van der Waals surface area contributed by atoms with Crippen LogP contribution in [-0.4, -0.2) is 47.9 Å². The van der Waals surface area contributed by atoms with Gasteiger partial charge in [0.15, 0.2) is 5.78 Å². The largest absolute Gasteiger partial charge is 0.397 e. The number of pyridine rings is 2. The number of hydrogen-bond donors (Lipinski definition) is 3. The zero-order chi connectivity index (χ0) is 22.9. The second-order valence-corrected chi connectivity index (χ2v) is 8.75. The van der Waals surface area contributed by atoms with Crippen LogP contribution in [0.1, 0.15) is 54.2 Å². The maximum Gasteiger partial charge on any atom is 0.187 e. The van der Waals surface area contributed by atoms with Crippen LogP contribution in [0.15, 0.2) is 49.1 Å². The summed E-state index contributed by atoms with van der Waals surface area (Å²) >= 11 is 0. The molecule has 1 fully saturated rings. The first-order chi connectivity index (χ1) is 15.3. The number of aliphatic hydroxyl groups is 2. The van der Waals surface area contributed by atoms with Crippen molar-refractivity contribution in [2.24, 2.45) is 5.92 Å². The molecule has 32 heavy (non-hydrogen) atoms. The number of nitrogen functional groups attached to an aromatic ring is 1. The van der Waals surface area contributed by atoms with Gasteiger partial charge < -0.3 is 15.9 Å². The van der Waals surface area contributed by atoms with Crippen molar-refractivity contribution in [3.8, 4) is 11.3 Å². The van der Waals surface area contributed by atoms with Crippen LogP contribution in [0.2, 0.25) is 0 Å². The van der Waals surface area contributed by atoms with Crippen molar-refractivity contribution in [2.75, 3.05) is 5.73 Å². The maximum absolute atomic E-state index is 13.2. The van der Waals surface area contributed by atoms with Crippen LogP contribution in [0.4, 0.5) is 5.69 Å². The summed E-state index contributed by atoms with van der Waals surface area (Å²) in [5.41, 5.74) is 8.54. The number of nitrogens with zero attached hydrogens (tertiary/aromatic N) is 4. The smallest absolute Gasteiger partial charge is 0.187 e. The Bertz CT molecular complexity index is 1110. The van der Waals surface area contributed by atoms with Crippen molar-refractivity contribution < 1.29 is 15.0 Å². The van der Waals surface area contributed by atoms with Crippen LogP contribution in [0, 0.1) is 5.92 Å². The van der Waals surface area contributed by atoms with Gasteiger partial charge in [0.25, 0.3) is 0 Å². The van der Waals surface area contributed by atoms with Crippen LogP contribution in [-0.2, 0) is 6.42 Å². The molecule has 3 aromatic heterocycles. The molecule has 8 heteroatoms. The van der Waals surface area contributed by atoms with Gasteiger partial charge in [-0.05, 0) is 67.0 Å². The van der Waals surface area contributed by atoms with E-state index in [9.17, 15) is 15.0 Å². The van der Waals surface area contributed by atoms with Gasteiger partial charge in [0.1, 0.15) is 5.69 Å². The van der Waals surface area contributed by atoms with Crippen LogP contribution >= 0.6 is 0 Å². The number of nitrogens with two attached hydrogens (primary N) is 1. The standard InChI is InChI=1S/C24H27N5O3/c1-14-9-16(11-22(31)24(14,2)32)18-6-7-26-12-17(18)10-21(30)23-19(25)3-4-20(29-23)15-5-8-27-28-13-15/h3-8,12-14,16,22,31-32H,9-11,25H2,1-2H3/t14-,16+,22+,24+/m0/s1. The molecule has 4 rings (SSSR count). The van der Waals surface area contributed by atoms with Gasteiger partial charge in [-0.3, -0.25) is 9.78 Å². The molecule has 4 atom stereocenters. The number of ketones is 1. The van der Waals surface area contributed by atoms with Gasteiger partial charge in [-0.25, -0.2) is 4.98 Å². The van der Waals surface area contributed by atoms with Gasteiger partial charge in [0.2, 0.25) is 0 Å². The Morgan fingerprint density at radius 1 is 1.16 bits per heavy atom. The van der Waals surface area contributed by atoms with Crippen molar-refractivity contribution in [1.29, 1.82) is 0 Å². The summed E-state index contributed by atoms with van der Waals surface area (Å²) in [7, 11) is 0. The molecule has 0 spiro atoms. The number of anilines is 1. The second kappa shape index (κ2) is 8.72. The van der Waals surface area contributed by atoms with Crippen LogP contribution in [0.25, 0.3) is 11.3 Å². The van der Waals surface area contributed by atoms with E-state index in [0.717, 1.165) is 16.7 Å². The van der Waals surface area contributed by atoms with Gasteiger partial charge in [0, 0.05) is 24.4 Å². The maximum atomic E-state index is 13.2. The van der Waals surface area contributed by atoms with Crippen molar-refractivity contribution in [1.82, 2.24) is 20.2 Å². The number of hydrogen-bond acceptors (Lipinski definition) is 8. The quantitative estimate of drug-likeness (QED) is 0.523. The zero-order valence-electron chi connectivity index (χ0n) is 18.1. The summed E-state index contributed by atoms with van der Waals surface area (Å²) in [6, 6.07) is 7.07. The van der Waals surface area contributed by atoms with Gasteiger partial charge in [-0.2, -0.15) is 10.2 Å². The van der Waals surface area contributed by atoms with E-state index in [-0.39, 0.29) is 29.7 Å². The van der Waals surface area contributed by atoms with Crippen molar-refractivity contribution >= 4 is 11.5 Å². The molecule has 0 aliphatic heterocycles. The molecule has 1 aliphatic rings. The average molecular weight is 434 g/mol. The van der Waals surface area contributed by atoms with E-state index < -0.39 is 11.7 Å². The first-order valence-electron chi connectivity index (χ1n) is 10.7. The fourth-order valence-corrected chi connectivity index (χ4v) is 4.39. The number of aromatic nitrogens is 4. The van der Waals surface area contributed by atoms with Crippen molar-refractivity contribution in [2.45, 2.75) is 50.7 Å². The van der Waals surface area contributed by atoms with Gasteiger partial charge in [0.05, 0.1) is 35.5 Å². The molecule has 0 radical (unpaired) electrons. The fourth-order valence-electron chi connectivity index (χ4n) is 4.39. The average Bonchev–Trinajstić information content (AvgIpc) is 2.78. The Hall–Kier alpha value is -3.23. The predicted molar refractivity (Wildman–Crippen MR) is 120 cm³/mol. The Kier molecular flexibility index (Phi) is 5.99. The van der Waals surface area contributed by atoms with Crippen LogP contribution < -0.4 is 5.73 Å². The van der Waals surface area contributed by atoms with Gasteiger partial charge in [-0.15, -0.1) is 0 Å². The lowest BCUT2D eigenvalue weighted by atomic mass is 9.68. The minimum Gasteiger partial charge on any atom is -0.397 e. The number of carbonyl (C=O) groups is 1. The lowest BCUT2D eigenvalue weighted by molar-refractivity contribution is -0.123. The summed E-state index contributed by atoms with van der Waals surface area (Å²) in [5.74, 6) is -0.279. The van der Waals surface area contributed by atoms with E-state index in [2.05, 4.69) is 20.2 Å². The first-order valence-corrected chi connectivity index (χ1v) is 10.7. The molecule has 0 aromatic carbocycles. The molecule has 0 amide bonds. The Morgan fingerprint density at radius 3 is 2.69 bits per heavy atom. The molecule has 3 aromatic rings. The van der Waals surface area contributed by atoms with Crippen molar-refractivity contribution in [3.63, 3.8) is 0 Å². The van der Waals surface area contributed by atoms with E-state index in [4.69, 9.17) is 5.73 Å². The van der Waals surface area contributed by atoms with Gasteiger partial charge in [-0.1, -0.05) is 6.92 Å². The molecule has 0 bridgehead atoms. The van der Waals surface area contributed by atoms with E-state index in [1.54, 1.807) is 49.9 Å². The van der Waals surface area contributed by atoms with E-state index in [0.29, 0.717) is 24.2 Å². The molecular weight excluding hydrogens is 406 g/mol. The molecule has 1 saturated carbocycles. The minimum atomic E-state index is -1.12. The molecule has 166 valence electrons. The predicted octanol–water partition coefficient (Wildman–Crippen LogP) is 2.57. The highest BCUT2D eigenvalue weighted by Crippen LogP contribution is 2.42. The summed E-state index contributed by atoms with van der Waals surface area (Å²) in [6.07, 6.45) is 6.91. The second-order valence-electron chi connectivity index (χ2n) is 8.75. The normalized spacial score (nSPS) is 25.4. The number of rotatable bonds is 5. The monoisotopic (exact) mass is 433 g/mol. The summed E-state index contributed by atoms with van der Waals surface area (Å²) < 4.78 is 0. The molecule has 0 unspecified atom stereocenters.